The average Bonchev–Trinajstić information content (AvgIpc) is 3.11. The highest BCUT2D eigenvalue weighted by Crippen LogP contribution is 2.25. The van der Waals surface area contributed by atoms with Crippen LogP contribution >= 0.6 is 0 Å². The van der Waals surface area contributed by atoms with Crippen LogP contribution in [0.4, 0.5) is 5.82 Å². The predicted octanol–water partition coefficient (Wildman–Crippen LogP) is 1.76. The summed E-state index contributed by atoms with van der Waals surface area (Å²) in [5.74, 6) is 1.75. The lowest BCUT2D eigenvalue weighted by Gasteiger charge is -2.27. The predicted molar refractivity (Wildman–Crippen MR) is 95.4 cm³/mol. The molecule has 1 aromatic heterocycles. The first-order valence-electron chi connectivity index (χ1n) is 8.63. The van der Waals surface area contributed by atoms with Crippen LogP contribution in [-0.2, 0) is 15.9 Å². The maximum atomic E-state index is 5.83. The van der Waals surface area contributed by atoms with E-state index in [0.29, 0.717) is 19.6 Å². The Bertz CT molecular complexity index is 659. The molecule has 1 aliphatic heterocycles. The van der Waals surface area contributed by atoms with E-state index in [-0.39, 0.29) is 6.10 Å². The lowest BCUT2D eigenvalue weighted by Crippen LogP contribution is -2.35. The number of fused-ring (bicyclic) bond motifs is 1. The molecule has 1 saturated heterocycles. The first-order valence-corrected chi connectivity index (χ1v) is 8.63. The number of methoxy groups -OCH3 is 1. The Kier molecular flexibility index (Phi) is 5.96. The number of nitrogens with two attached hydrogens (primary N) is 1. The number of aromatic nitrogens is 2. The van der Waals surface area contributed by atoms with Gasteiger partial charge in [-0.05, 0) is 31.5 Å². The van der Waals surface area contributed by atoms with Crippen LogP contribution in [0.1, 0.15) is 18.7 Å². The second-order valence-corrected chi connectivity index (χ2v) is 6.09. The Morgan fingerprint density at radius 1 is 1.33 bits per heavy atom. The second kappa shape index (κ2) is 8.37. The summed E-state index contributed by atoms with van der Waals surface area (Å²) in [6.45, 7) is 3.65. The van der Waals surface area contributed by atoms with Crippen molar-refractivity contribution in [1.82, 2.24) is 9.97 Å². The van der Waals surface area contributed by atoms with E-state index in [1.807, 2.05) is 18.2 Å². The van der Waals surface area contributed by atoms with Crippen molar-refractivity contribution in [2.24, 2.45) is 5.73 Å². The summed E-state index contributed by atoms with van der Waals surface area (Å²) in [6, 6.07) is 8.14. The van der Waals surface area contributed by atoms with Gasteiger partial charge in [0, 0.05) is 38.6 Å². The highest BCUT2D eigenvalue weighted by Gasteiger charge is 2.22. The molecule has 0 spiro atoms. The quantitative estimate of drug-likeness (QED) is 0.795. The summed E-state index contributed by atoms with van der Waals surface area (Å²) in [5, 5.41) is 1.06. The molecule has 6 nitrogen and oxygen atoms in total. The fourth-order valence-corrected chi connectivity index (χ4v) is 3.11. The molecule has 2 heterocycles. The van der Waals surface area contributed by atoms with E-state index in [2.05, 4.69) is 16.0 Å². The molecule has 2 aromatic rings. The van der Waals surface area contributed by atoms with Gasteiger partial charge in [-0.3, -0.25) is 0 Å². The molecule has 1 aromatic carbocycles. The minimum atomic E-state index is 0.258. The normalized spacial score (nSPS) is 17.5. The third kappa shape index (κ3) is 4.01. The van der Waals surface area contributed by atoms with Gasteiger partial charge in [0.15, 0.2) is 0 Å². The summed E-state index contributed by atoms with van der Waals surface area (Å²) in [6.07, 6.45) is 3.16. The lowest BCUT2D eigenvalue weighted by atomic mass is 10.2. The maximum absolute atomic E-state index is 5.83. The van der Waals surface area contributed by atoms with Crippen LogP contribution in [0.25, 0.3) is 10.9 Å². The Balaban J connectivity index is 1.96. The van der Waals surface area contributed by atoms with Crippen LogP contribution in [0.3, 0.4) is 0 Å². The molecule has 2 N–H and O–H groups in total. The molecule has 1 atom stereocenters. The molecule has 0 bridgehead atoms. The van der Waals surface area contributed by atoms with Gasteiger partial charge in [-0.25, -0.2) is 9.97 Å². The van der Waals surface area contributed by atoms with Crippen LogP contribution in [0.15, 0.2) is 24.3 Å². The van der Waals surface area contributed by atoms with Gasteiger partial charge < -0.3 is 20.1 Å². The van der Waals surface area contributed by atoms with Gasteiger partial charge in [-0.2, -0.15) is 0 Å². The van der Waals surface area contributed by atoms with E-state index in [1.165, 1.54) is 0 Å². The minimum Gasteiger partial charge on any atom is -0.383 e. The Morgan fingerprint density at radius 3 is 2.96 bits per heavy atom. The first-order chi connectivity index (χ1) is 11.8. The zero-order chi connectivity index (χ0) is 16.8. The smallest absolute Gasteiger partial charge is 0.140 e. The summed E-state index contributed by atoms with van der Waals surface area (Å²) in [7, 11) is 1.72. The molecular weight excluding hydrogens is 304 g/mol. The summed E-state index contributed by atoms with van der Waals surface area (Å²) >= 11 is 0. The Morgan fingerprint density at radius 2 is 2.21 bits per heavy atom. The standard InChI is InChI=1S/C18H26N4O2/c1-23-12-10-22(13-14-5-4-11-24-14)18-15-6-2-3-7-16(15)20-17(21-18)8-9-19/h2-3,6-7,14H,4-5,8-13,19H2,1H3. The zero-order valence-electron chi connectivity index (χ0n) is 14.3. The Hall–Kier alpha value is -1.76. The van der Waals surface area contributed by atoms with Gasteiger partial charge in [-0.15, -0.1) is 0 Å². The number of benzene rings is 1. The van der Waals surface area contributed by atoms with Gasteiger partial charge in [-0.1, -0.05) is 12.1 Å². The molecule has 0 aliphatic carbocycles. The molecule has 130 valence electrons. The van der Waals surface area contributed by atoms with Crippen molar-refractivity contribution in [2.45, 2.75) is 25.4 Å². The molecule has 24 heavy (non-hydrogen) atoms. The molecule has 1 fully saturated rings. The number of hydrogen-bond donors (Lipinski definition) is 1. The third-order valence-corrected chi connectivity index (χ3v) is 4.31. The van der Waals surface area contributed by atoms with Crippen molar-refractivity contribution in [2.75, 3.05) is 44.9 Å². The number of ether oxygens (including phenoxy) is 2. The van der Waals surface area contributed by atoms with Gasteiger partial charge in [0.25, 0.3) is 0 Å². The highest BCUT2D eigenvalue weighted by molar-refractivity contribution is 5.89. The summed E-state index contributed by atoms with van der Waals surface area (Å²) < 4.78 is 11.1. The second-order valence-electron chi connectivity index (χ2n) is 6.09. The molecule has 0 saturated carbocycles. The number of nitrogens with zero attached hydrogens (tertiary/aromatic N) is 3. The first kappa shape index (κ1) is 17.1. The molecule has 0 radical (unpaired) electrons. The van der Waals surface area contributed by atoms with Gasteiger partial charge >= 0.3 is 0 Å². The van der Waals surface area contributed by atoms with Crippen molar-refractivity contribution >= 4 is 16.7 Å². The van der Waals surface area contributed by atoms with E-state index in [0.717, 1.165) is 55.1 Å². The number of para-hydroxylation sites is 1. The minimum absolute atomic E-state index is 0.258. The fourth-order valence-electron chi connectivity index (χ4n) is 3.11. The topological polar surface area (TPSA) is 73.5 Å². The maximum Gasteiger partial charge on any atom is 0.140 e. The van der Waals surface area contributed by atoms with Gasteiger partial charge in [0.05, 0.1) is 18.2 Å². The van der Waals surface area contributed by atoms with Crippen LogP contribution < -0.4 is 10.6 Å². The molecule has 3 rings (SSSR count). The number of rotatable bonds is 8. The zero-order valence-corrected chi connectivity index (χ0v) is 14.3. The van der Waals surface area contributed by atoms with E-state index < -0.39 is 0 Å². The van der Waals surface area contributed by atoms with Gasteiger partial charge in [0.1, 0.15) is 11.6 Å². The molecule has 6 heteroatoms. The molecule has 1 unspecified atom stereocenters. The summed E-state index contributed by atoms with van der Waals surface area (Å²) in [4.78, 5) is 11.7. The van der Waals surface area contributed by atoms with Crippen molar-refractivity contribution in [3.8, 4) is 0 Å². The average molecular weight is 330 g/mol. The van der Waals surface area contributed by atoms with E-state index >= 15 is 0 Å². The van der Waals surface area contributed by atoms with E-state index in [9.17, 15) is 0 Å². The number of anilines is 1. The monoisotopic (exact) mass is 330 g/mol. The van der Waals surface area contributed by atoms with Crippen molar-refractivity contribution in [3.05, 3.63) is 30.1 Å². The van der Waals surface area contributed by atoms with Gasteiger partial charge in [0.2, 0.25) is 0 Å². The van der Waals surface area contributed by atoms with Crippen LogP contribution in [-0.4, -0.2) is 56.0 Å². The van der Waals surface area contributed by atoms with E-state index in [1.54, 1.807) is 7.11 Å². The molecule has 0 amide bonds. The Labute approximate surface area is 143 Å². The highest BCUT2D eigenvalue weighted by atomic mass is 16.5. The van der Waals surface area contributed by atoms with E-state index in [4.69, 9.17) is 20.2 Å². The van der Waals surface area contributed by atoms with Crippen LogP contribution in [0.2, 0.25) is 0 Å². The third-order valence-electron chi connectivity index (χ3n) is 4.31. The summed E-state index contributed by atoms with van der Waals surface area (Å²) in [5.41, 5.74) is 6.67. The van der Waals surface area contributed by atoms with Crippen molar-refractivity contribution < 1.29 is 9.47 Å². The largest absolute Gasteiger partial charge is 0.383 e. The number of hydrogen-bond acceptors (Lipinski definition) is 6. The SMILES string of the molecule is COCCN(CC1CCCO1)c1nc(CCN)nc2ccccc12. The molecular formula is C18H26N4O2. The van der Waals surface area contributed by atoms with Crippen LogP contribution in [0, 0.1) is 0 Å². The lowest BCUT2D eigenvalue weighted by molar-refractivity contribution is 0.113. The molecule has 1 aliphatic rings. The fraction of sp³-hybridized carbons (Fsp3) is 0.556. The van der Waals surface area contributed by atoms with Crippen molar-refractivity contribution in [1.29, 1.82) is 0 Å². The van der Waals surface area contributed by atoms with Crippen LogP contribution in [0.5, 0.6) is 0 Å². The van der Waals surface area contributed by atoms with Crippen molar-refractivity contribution in [3.63, 3.8) is 0 Å².